The summed E-state index contributed by atoms with van der Waals surface area (Å²) in [6, 6.07) is 9.83. The third-order valence-corrected chi connectivity index (χ3v) is 4.01. The number of likely N-dealkylation sites (tertiary alicyclic amines) is 1. The first-order chi connectivity index (χ1) is 11.3. The number of nitrogens with one attached hydrogen (secondary N) is 1. The summed E-state index contributed by atoms with van der Waals surface area (Å²) in [5.74, 6) is 1.11. The molecule has 2 aromatic rings. The lowest BCUT2D eigenvalue weighted by molar-refractivity contribution is 0.525. The number of amidine groups is 2. The van der Waals surface area contributed by atoms with Gasteiger partial charge in [0.1, 0.15) is 0 Å². The van der Waals surface area contributed by atoms with E-state index in [1.54, 1.807) is 6.20 Å². The number of fused-ring (bicyclic) bond motifs is 1. The van der Waals surface area contributed by atoms with Crippen LogP contribution in [0.15, 0.2) is 51.8 Å². The summed E-state index contributed by atoms with van der Waals surface area (Å²) in [5.41, 5.74) is 11.4. The Kier molecular flexibility index (Phi) is 3.38. The number of rotatable bonds is 2. The van der Waals surface area contributed by atoms with E-state index in [1.807, 2.05) is 30.3 Å². The maximum atomic E-state index is 5.92. The van der Waals surface area contributed by atoms with Crippen LogP contribution in [0.25, 0.3) is 10.9 Å². The van der Waals surface area contributed by atoms with E-state index >= 15 is 0 Å². The Labute approximate surface area is 133 Å². The minimum atomic E-state index is 0.349. The van der Waals surface area contributed by atoms with Gasteiger partial charge in [0.15, 0.2) is 17.4 Å². The molecule has 0 aliphatic carbocycles. The molecule has 0 bridgehead atoms. The predicted octanol–water partition coefficient (Wildman–Crippen LogP) is 1.78. The molecule has 4 rings (SSSR count). The van der Waals surface area contributed by atoms with Crippen molar-refractivity contribution in [3.63, 3.8) is 0 Å². The number of benzene rings is 1. The summed E-state index contributed by atoms with van der Waals surface area (Å²) in [4.78, 5) is 6.48. The van der Waals surface area contributed by atoms with Crippen molar-refractivity contribution in [3.8, 4) is 0 Å². The van der Waals surface area contributed by atoms with Gasteiger partial charge in [-0.25, -0.2) is 0 Å². The highest BCUT2D eigenvalue weighted by atomic mass is 15.4. The summed E-state index contributed by atoms with van der Waals surface area (Å²) in [7, 11) is 0. The Morgan fingerprint density at radius 1 is 1.13 bits per heavy atom. The zero-order valence-electron chi connectivity index (χ0n) is 12.6. The predicted molar refractivity (Wildman–Crippen MR) is 92.7 cm³/mol. The van der Waals surface area contributed by atoms with Crippen LogP contribution >= 0.6 is 0 Å². The average molecular weight is 307 g/mol. The molecule has 0 atom stereocenters. The van der Waals surface area contributed by atoms with E-state index in [-0.39, 0.29) is 0 Å². The van der Waals surface area contributed by atoms with Crippen molar-refractivity contribution >= 4 is 34.0 Å². The fourth-order valence-corrected chi connectivity index (χ4v) is 2.83. The van der Waals surface area contributed by atoms with E-state index in [0.717, 1.165) is 48.4 Å². The Hall–Kier alpha value is -2.96. The van der Waals surface area contributed by atoms with E-state index in [4.69, 9.17) is 5.73 Å². The van der Waals surface area contributed by atoms with Crippen molar-refractivity contribution in [2.75, 3.05) is 18.5 Å². The van der Waals surface area contributed by atoms with Crippen molar-refractivity contribution in [2.24, 2.45) is 21.0 Å². The standard InChI is InChI=1S/C16H17N7/c17-15-14(16(22-21-15)23-8-1-2-9-23)20-19-12-5-6-13-11(10-12)4-3-7-18-13/h3-7,10,19H,1-2,8-9H2,(H2,17,20,21). The first kappa shape index (κ1) is 13.7. The van der Waals surface area contributed by atoms with Crippen LogP contribution in [0.5, 0.6) is 0 Å². The van der Waals surface area contributed by atoms with Gasteiger partial charge in [-0.1, -0.05) is 6.07 Å². The summed E-state index contributed by atoms with van der Waals surface area (Å²) >= 11 is 0. The van der Waals surface area contributed by atoms with Gasteiger partial charge in [-0.2, -0.15) is 5.10 Å². The zero-order valence-corrected chi connectivity index (χ0v) is 12.6. The highest BCUT2D eigenvalue weighted by Gasteiger charge is 2.27. The zero-order chi connectivity index (χ0) is 15.6. The van der Waals surface area contributed by atoms with Crippen LogP contribution in [0.2, 0.25) is 0 Å². The number of hydrogen-bond donors (Lipinski definition) is 2. The van der Waals surface area contributed by atoms with E-state index in [2.05, 4.69) is 30.6 Å². The number of hydrogen-bond acceptors (Lipinski definition) is 7. The fourth-order valence-electron chi connectivity index (χ4n) is 2.83. The monoisotopic (exact) mass is 307 g/mol. The van der Waals surface area contributed by atoms with E-state index in [1.165, 1.54) is 0 Å². The Morgan fingerprint density at radius 3 is 2.87 bits per heavy atom. The van der Waals surface area contributed by atoms with E-state index < -0.39 is 0 Å². The summed E-state index contributed by atoms with van der Waals surface area (Å²) in [5, 5.41) is 13.6. The Balaban J connectivity index is 1.58. The van der Waals surface area contributed by atoms with Gasteiger partial charge in [-0.05, 0) is 37.1 Å². The van der Waals surface area contributed by atoms with Crippen molar-refractivity contribution in [2.45, 2.75) is 12.8 Å². The van der Waals surface area contributed by atoms with Crippen molar-refractivity contribution in [1.29, 1.82) is 0 Å². The van der Waals surface area contributed by atoms with Crippen molar-refractivity contribution < 1.29 is 0 Å². The molecule has 3 N–H and O–H groups in total. The minimum Gasteiger partial charge on any atom is -0.380 e. The summed E-state index contributed by atoms with van der Waals surface area (Å²) in [6.07, 6.45) is 4.11. The lowest BCUT2D eigenvalue weighted by atomic mass is 10.2. The largest absolute Gasteiger partial charge is 0.380 e. The molecular formula is C16H17N7. The second kappa shape index (κ2) is 5.68. The lowest BCUT2D eigenvalue weighted by Crippen LogP contribution is -2.38. The van der Waals surface area contributed by atoms with Crippen molar-refractivity contribution in [3.05, 3.63) is 36.5 Å². The molecule has 0 radical (unpaired) electrons. The molecule has 1 fully saturated rings. The van der Waals surface area contributed by atoms with Gasteiger partial charge < -0.3 is 10.6 Å². The van der Waals surface area contributed by atoms with E-state index in [0.29, 0.717) is 11.5 Å². The number of anilines is 1. The highest BCUT2D eigenvalue weighted by Crippen LogP contribution is 2.18. The first-order valence-corrected chi connectivity index (χ1v) is 7.66. The molecule has 0 amide bonds. The molecule has 116 valence electrons. The Morgan fingerprint density at radius 2 is 2.00 bits per heavy atom. The van der Waals surface area contributed by atoms with Crippen LogP contribution in [0.4, 0.5) is 5.69 Å². The normalized spacial score (nSPS) is 19.3. The SMILES string of the molecule is NC1=NN=C(N2CCCC2)/C1=N\Nc1ccc2ncccc2c1. The summed E-state index contributed by atoms with van der Waals surface area (Å²) < 4.78 is 0. The highest BCUT2D eigenvalue weighted by molar-refractivity contribution is 6.68. The van der Waals surface area contributed by atoms with Gasteiger partial charge in [0.05, 0.1) is 11.2 Å². The van der Waals surface area contributed by atoms with Crippen LogP contribution in [-0.2, 0) is 0 Å². The summed E-state index contributed by atoms with van der Waals surface area (Å²) in [6.45, 7) is 1.95. The molecule has 0 unspecified atom stereocenters. The number of pyridine rings is 1. The topological polar surface area (TPSA) is 91.3 Å². The molecule has 1 aromatic carbocycles. The molecule has 2 aliphatic heterocycles. The molecular weight excluding hydrogens is 290 g/mol. The minimum absolute atomic E-state index is 0.349. The van der Waals surface area contributed by atoms with Crippen LogP contribution in [0, 0.1) is 0 Å². The number of aromatic nitrogens is 1. The van der Waals surface area contributed by atoms with Gasteiger partial charge in [-0.15, -0.1) is 10.2 Å². The maximum absolute atomic E-state index is 5.92. The van der Waals surface area contributed by atoms with Gasteiger partial charge in [0.2, 0.25) is 0 Å². The number of nitrogens with zero attached hydrogens (tertiary/aromatic N) is 5. The Bertz CT molecular complexity index is 831. The van der Waals surface area contributed by atoms with Crippen LogP contribution in [0.3, 0.4) is 0 Å². The molecule has 7 nitrogen and oxygen atoms in total. The third kappa shape index (κ3) is 2.61. The fraction of sp³-hybridized carbons (Fsp3) is 0.250. The first-order valence-electron chi connectivity index (χ1n) is 7.66. The lowest BCUT2D eigenvalue weighted by Gasteiger charge is -2.16. The van der Waals surface area contributed by atoms with Gasteiger partial charge >= 0.3 is 0 Å². The molecule has 0 spiro atoms. The number of nitrogens with two attached hydrogens (primary N) is 1. The molecule has 1 saturated heterocycles. The third-order valence-electron chi connectivity index (χ3n) is 4.01. The molecule has 7 heteroatoms. The molecule has 0 saturated carbocycles. The van der Waals surface area contributed by atoms with E-state index in [9.17, 15) is 0 Å². The smallest absolute Gasteiger partial charge is 0.183 e. The number of hydrazone groups is 1. The second-order valence-corrected chi connectivity index (χ2v) is 5.59. The maximum Gasteiger partial charge on any atom is 0.183 e. The quantitative estimate of drug-likeness (QED) is 0.827. The van der Waals surface area contributed by atoms with Crippen LogP contribution < -0.4 is 11.2 Å². The second-order valence-electron chi connectivity index (χ2n) is 5.59. The van der Waals surface area contributed by atoms with Crippen LogP contribution in [0.1, 0.15) is 12.8 Å². The molecule has 1 aromatic heterocycles. The van der Waals surface area contributed by atoms with Crippen LogP contribution in [-0.4, -0.2) is 40.4 Å². The molecule has 2 aliphatic rings. The van der Waals surface area contributed by atoms with Crippen molar-refractivity contribution in [1.82, 2.24) is 9.88 Å². The average Bonchev–Trinajstić information content (AvgIpc) is 3.22. The van der Waals surface area contributed by atoms with Gasteiger partial charge in [0, 0.05) is 24.7 Å². The molecule has 3 heterocycles. The van der Waals surface area contributed by atoms with Gasteiger partial charge in [-0.3, -0.25) is 10.4 Å². The van der Waals surface area contributed by atoms with Gasteiger partial charge in [0.25, 0.3) is 0 Å². The molecule has 23 heavy (non-hydrogen) atoms.